The second-order valence-electron chi connectivity index (χ2n) is 9.09. The van der Waals surface area contributed by atoms with Gasteiger partial charge >= 0.3 is 0 Å². The van der Waals surface area contributed by atoms with Crippen molar-refractivity contribution >= 4 is 35.0 Å². The van der Waals surface area contributed by atoms with E-state index in [2.05, 4.69) is 11.4 Å². The van der Waals surface area contributed by atoms with Crippen LogP contribution in [0.5, 0.6) is 0 Å². The lowest BCUT2D eigenvalue weighted by Crippen LogP contribution is -2.53. The maximum absolute atomic E-state index is 13.5. The van der Waals surface area contributed by atoms with Crippen LogP contribution >= 0.6 is 23.2 Å². The van der Waals surface area contributed by atoms with Crippen molar-refractivity contribution in [3.63, 3.8) is 0 Å². The Bertz CT molecular complexity index is 931. The summed E-state index contributed by atoms with van der Waals surface area (Å²) in [5.74, 6) is -0.291. The Morgan fingerprint density at radius 1 is 1.03 bits per heavy atom. The van der Waals surface area contributed by atoms with E-state index in [1.165, 1.54) is 0 Å². The Hall–Kier alpha value is -2.04. The number of hydrogen-bond donors (Lipinski definition) is 1. The van der Waals surface area contributed by atoms with Gasteiger partial charge in [-0.05, 0) is 64.3 Å². The van der Waals surface area contributed by atoms with Crippen molar-refractivity contribution in [3.8, 4) is 0 Å². The van der Waals surface area contributed by atoms with E-state index in [1.54, 1.807) is 23.1 Å². The fraction of sp³-hybridized carbons (Fsp3) is 0.440. The Morgan fingerprint density at radius 3 is 2.16 bits per heavy atom. The number of rotatable bonds is 7. The van der Waals surface area contributed by atoms with Crippen LogP contribution in [-0.4, -0.2) is 28.3 Å². The molecule has 4 nitrogen and oxygen atoms in total. The highest BCUT2D eigenvalue weighted by Gasteiger charge is 2.31. The number of benzene rings is 2. The van der Waals surface area contributed by atoms with Gasteiger partial charge in [-0.15, -0.1) is 0 Å². The Labute approximate surface area is 195 Å². The van der Waals surface area contributed by atoms with Crippen LogP contribution in [0.2, 0.25) is 10.0 Å². The summed E-state index contributed by atoms with van der Waals surface area (Å²) < 4.78 is 0. The van der Waals surface area contributed by atoms with Gasteiger partial charge < -0.3 is 10.2 Å². The molecule has 0 saturated heterocycles. The van der Waals surface area contributed by atoms with E-state index in [-0.39, 0.29) is 24.8 Å². The van der Waals surface area contributed by atoms with Crippen LogP contribution in [0.15, 0.2) is 36.4 Å². The molecule has 6 heteroatoms. The van der Waals surface area contributed by atoms with Crippen molar-refractivity contribution < 1.29 is 9.59 Å². The third-order valence-electron chi connectivity index (χ3n) is 4.88. The molecule has 0 spiro atoms. The van der Waals surface area contributed by atoms with E-state index in [0.29, 0.717) is 16.5 Å². The molecule has 0 heterocycles. The number of nitrogens with zero attached hydrogens (tertiary/aromatic N) is 1. The molecule has 2 amide bonds. The van der Waals surface area contributed by atoms with Gasteiger partial charge in [0.2, 0.25) is 11.8 Å². The second-order valence-corrected chi connectivity index (χ2v) is 9.94. The maximum Gasteiger partial charge on any atom is 0.243 e. The molecular formula is C25H32Cl2N2O2. The molecule has 31 heavy (non-hydrogen) atoms. The van der Waals surface area contributed by atoms with Crippen LogP contribution in [0.4, 0.5) is 0 Å². The lowest BCUT2D eigenvalue weighted by Gasteiger charge is -2.33. The molecule has 0 aliphatic carbocycles. The SMILES string of the molecule is CCC(C(=O)NC(C)(C)C)N(Cc1ccc(Cl)cc1Cl)C(=O)Cc1cc(C)cc(C)c1. The maximum atomic E-state index is 13.5. The fourth-order valence-electron chi connectivity index (χ4n) is 3.65. The van der Waals surface area contributed by atoms with Gasteiger partial charge in [-0.2, -0.15) is 0 Å². The van der Waals surface area contributed by atoms with Crippen molar-refractivity contribution in [2.24, 2.45) is 0 Å². The number of carbonyl (C=O) groups is 2. The van der Waals surface area contributed by atoms with Crippen molar-refractivity contribution in [3.05, 3.63) is 68.7 Å². The second kappa shape index (κ2) is 10.5. The van der Waals surface area contributed by atoms with Gasteiger partial charge in [0.05, 0.1) is 6.42 Å². The quantitative estimate of drug-likeness (QED) is 0.558. The molecule has 1 unspecified atom stereocenters. The molecule has 0 aromatic heterocycles. The largest absolute Gasteiger partial charge is 0.350 e. The first-order chi connectivity index (χ1) is 14.4. The van der Waals surface area contributed by atoms with E-state index in [0.717, 1.165) is 22.3 Å². The van der Waals surface area contributed by atoms with Gasteiger partial charge in [0, 0.05) is 22.1 Å². The smallest absolute Gasteiger partial charge is 0.243 e. The zero-order valence-corrected chi connectivity index (χ0v) is 20.7. The molecule has 1 N–H and O–H groups in total. The van der Waals surface area contributed by atoms with E-state index >= 15 is 0 Å². The van der Waals surface area contributed by atoms with Gasteiger partial charge in [-0.25, -0.2) is 0 Å². The normalized spacial score (nSPS) is 12.4. The zero-order valence-electron chi connectivity index (χ0n) is 19.2. The van der Waals surface area contributed by atoms with Crippen LogP contribution in [0.3, 0.4) is 0 Å². The van der Waals surface area contributed by atoms with Crippen molar-refractivity contribution in [2.75, 3.05) is 0 Å². The van der Waals surface area contributed by atoms with Crippen molar-refractivity contribution in [1.82, 2.24) is 10.2 Å². The fourth-order valence-corrected chi connectivity index (χ4v) is 4.12. The third-order valence-corrected chi connectivity index (χ3v) is 5.46. The van der Waals surface area contributed by atoms with Gasteiger partial charge in [-0.3, -0.25) is 9.59 Å². The first-order valence-corrected chi connectivity index (χ1v) is 11.3. The van der Waals surface area contributed by atoms with E-state index in [9.17, 15) is 9.59 Å². The first-order valence-electron chi connectivity index (χ1n) is 10.5. The minimum atomic E-state index is -0.607. The summed E-state index contributed by atoms with van der Waals surface area (Å²) in [6.45, 7) is 11.9. The van der Waals surface area contributed by atoms with E-state index in [4.69, 9.17) is 23.2 Å². The molecule has 2 aromatic carbocycles. The molecule has 2 aromatic rings. The minimum Gasteiger partial charge on any atom is -0.350 e. The zero-order chi connectivity index (χ0) is 23.3. The average Bonchev–Trinajstić information content (AvgIpc) is 2.60. The monoisotopic (exact) mass is 462 g/mol. The summed E-state index contributed by atoms with van der Waals surface area (Å²) in [6, 6.07) is 10.7. The molecule has 0 radical (unpaired) electrons. The summed E-state index contributed by atoms with van der Waals surface area (Å²) in [6.07, 6.45) is 0.707. The van der Waals surface area contributed by atoms with Crippen LogP contribution in [0, 0.1) is 13.8 Å². The van der Waals surface area contributed by atoms with Gasteiger partial charge in [0.25, 0.3) is 0 Å². The summed E-state index contributed by atoms with van der Waals surface area (Å²) in [7, 11) is 0. The lowest BCUT2D eigenvalue weighted by atomic mass is 10.0. The molecule has 0 fully saturated rings. The van der Waals surface area contributed by atoms with Crippen LogP contribution < -0.4 is 5.32 Å². The van der Waals surface area contributed by atoms with Crippen LogP contribution in [0.25, 0.3) is 0 Å². The summed E-state index contributed by atoms with van der Waals surface area (Å²) in [5.41, 5.74) is 3.49. The van der Waals surface area contributed by atoms with Crippen LogP contribution in [0.1, 0.15) is 56.4 Å². The van der Waals surface area contributed by atoms with E-state index in [1.807, 2.05) is 53.7 Å². The highest BCUT2D eigenvalue weighted by atomic mass is 35.5. The highest BCUT2D eigenvalue weighted by Crippen LogP contribution is 2.24. The first kappa shape index (κ1) is 25.2. The number of carbonyl (C=O) groups excluding carboxylic acids is 2. The molecule has 1 atom stereocenters. The topological polar surface area (TPSA) is 49.4 Å². The number of aryl methyl sites for hydroxylation is 2. The average molecular weight is 463 g/mol. The lowest BCUT2D eigenvalue weighted by molar-refractivity contribution is -0.141. The predicted molar refractivity (Wildman–Crippen MR) is 129 cm³/mol. The molecule has 0 bridgehead atoms. The molecule has 2 rings (SSSR count). The Kier molecular flexibility index (Phi) is 8.56. The third kappa shape index (κ3) is 7.55. The standard InChI is InChI=1S/C25H32Cl2N2O2/c1-7-22(24(31)28-25(4,5)6)29(15-19-8-9-20(26)14-21(19)27)23(30)13-18-11-16(2)10-17(3)12-18/h8-12,14,22H,7,13,15H2,1-6H3,(H,28,31). The summed E-state index contributed by atoms with van der Waals surface area (Å²) >= 11 is 12.4. The van der Waals surface area contributed by atoms with Crippen molar-refractivity contribution in [1.29, 1.82) is 0 Å². The number of nitrogens with one attached hydrogen (secondary N) is 1. The predicted octanol–water partition coefficient (Wildman–Crippen LogP) is 5.87. The van der Waals surface area contributed by atoms with Gasteiger partial charge in [-0.1, -0.05) is 65.5 Å². The van der Waals surface area contributed by atoms with Crippen molar-refractivity contribution in [2.45, 2.75) is 72.5 Å². The van der Waals surface area contributed by atoms with Gasteiger partial charge in [0.1, 0.15) is 6.04 Å². The molecule has 0 saturated carbocycles. The molecule has 168 valence electrons. The summed E-state index contributed by atoms with van der Waals surface area (Å²) in [4.78, 5) is 28.2. The number of hydrogen-bond acceptors (Lipinski definition) is 2. The molecule has 0 aliphatic rings. The Balaban J connectivity index is 2.39. The number of halogens is 2. The Morgan fingerprint density at radius 2 is 1.65 bits per heavy atom. The van der Waals surface area contributed by atoms with E-state index < -0.39 is 11.6 Å². The molecule has 0 aliphatic heterocycles. The summed E-state index contributed by atoms with van der Waals surface area (Å²) in [5, 5.41) is 4.01. The van der Waals surface area contributed by atoms with Crippen LogP contribution in [-0.2, 0) is 22.6 Å². The van der Waals surface area contributed by atoms with Gasteiger partial charge in [0.15, 0.2) is 0 Å². The minimum absolute atomic E-state index is 0.119. The highest BCUT2D eigenvalue weighted by molar-refractivity contribution is 6.35. The number of amides is 2. The molecular weight excluding hydrogens is 431 g/mol.